The summed E-state index contributed by atoms with van der Waals surface area (Å²) in [6.07, 6.45) is 12.6. The lowest BCUT2D eigenvalue weighted by Crippen LogP contribution is -2.19. The van der Waals surface area contributed by atoms with E-state index < -0.39 is 6.72 Å². The van der Waals surface area contributed by atoms with Gasteiger partial charge in [-0.15, -0.1) is 11.6 Å². The van der Waals surface area contributed by atoms with Crippen LogP contribution in [0, 0.1) is 0 Å². The number of carbonyl (C=O) groups is 1. The normalized spacial score (nSPS) is 13.6. The smallest absolute Gasteiger partial charge is 0.309 e. The average molecular weight is 400 g/mol. The molecule has 0 spiro atoms. The van der Waals surface area contributed by atoms with Gasteiger partial charge in [-0.1, -0.05) is 58.3 Å². The highest BCUT2D eigenvalue weighted by atomic mass is 35.5. The molecule has 0 aromatic carbocycles. The Bertz CT molecular complexity index is 359. The monoisotopic (exact) mass is 399 g/mol. The van der Waals surface area contributed by atoms with E-state index in [1.54, 1.807) is 0 Å². The molecule has 0 aliphatic heterocycles. The number of nitrogens with one attached hydrogen (secondary N) is 1. The van der Waals surface area contributed by atoms with Crippen molar-refractivity contribution >= 4 is 35.6 Å². The van der Waals surface area contributed by atoms with Crippen LogP contribution in [0.4, 0.5) is 0 Å². The van der Waals surface area contributed by atoms with E-state index in [1.807, 2.05) is 0 Å². The van der Waals surface area contributed by atoms with Gasteiger partial charge in [-0.2, -0.15) is 0 Å². The summed E-state index contributed by atoms with van der Waals surface area (Å²) in [4.78, 5) is 11.9. The first-order chi connectivity index (χ1) is 11.6. The van der Waals surface area contributed by atoms with Crippen molar-refractivity contribution in [2.75, 3.05) is 18.7 Å². The van der Waals surface area contributed by atoms with Gasteiger partial charge >= 0.3 is 6.72 Å². The molecule has 0 aliphatic carbocycles. The topological polar surface area (TPSA) is 55.4 Å². The van der Waals surface area contributed by atoms with E-state index in [4.69, 9.17) is 16.1 Å². The first kappa shape index (κ1) is 24.3. The molecule has 1 atom stereocenters. The van der Waals surface area contributed by atoms with Crippen molar-refractivity contribution in [3.63, 3.8) is 0 Å². The van der Waals surface area contributed by atoms with Gasteiger partial charge in [-0.25, -0.2) is 0 Å². The zero-order chi connectivity index (χ0) is 18.1. The lowest BCUT2D eigenvalue weighted by molar-refractivity contribution is -0.119. The SMILES string of the molecule is CCCCCCSP(=O)(NC(=O)CCCCCCCCCCl)OC. The number of halogens is 1. The maximum absolute atomic E-state index is 12.5. The molecule has 0 aromatic heterocycles. The number of hydrogen-bond acceptors (Lipinski definition) is 4. The Labute approximate surface area is 157 Å². The number of unbranched alkanes of at least 4 members (excludes halogenated alkanes) is 9. The molecule has 0 radical (unpaired) electrons. The summed E-state index contributed by atoms with van der Waals surface area (Å²) in [5.41, 5.74) is 0. The molecule has 24 heavy (non-hydrogen) atoms. The molecule has 144 valence electrons. The van der Waals surface area contributed by atoms with E-state index in [0.717, 1.165) is 50.2 Å². The maximum atomic E-state index is 12.5. The predicted molar refractivity (Wildman–Crippen MR) is 107 cm³/mol. The van der Waals surface area contributed by atoms with Gasteiger partial charge in [0.25, 0.3) is 0 Å². The van der Waals surface area contributed by atoms with Crippen molar-refractivity contribution in [1.29, 1.82) is 0 Å². The molecule has 0 aromatic rings. The number of carbonyl (C=O) groups excluding carboxylic acids is 1. The molecule has 0 saturated carbocycles. The van der Waals surface area contributed by atoms with Crippen LogP contribution in [0.15, 0.2) is 0 Å². The standard InChI is InChI=1S/C17H35ClNO3PS/c1-3-4-5-13-16-24-23(21,22-2)19-17(20)14-11-9-7-6-8-10-12-15-18/h3-16H2,1-2H3,(H,19,20,21). The molecule has 1 unspecified atom stereocenters. The number of hydrogen-bond donors (Lipinski definition) is 1. The largest absolute Gasteiger partial charge is 0.352 e. The molecule has 0 fully saturated rings. The van der Waals surface area contributed by atoms with Crippen LogP contribution in [0.25, 0.3) is 0 Å². The van der Waals surface area contributed by atoms with Crippen LogP contribution in [-0.4, -0.2) is 24.6 Å². The molecule has 1 amide bonds. The molecule has 1 N–H and O–H groups in total. The van der Waals surface area contributed by atoms with Gasteiger partial charge in [0.2, 0.25) is 5.91 Å². The van der Waals surface area contributed by atoms with Gasteiger partial charge in [0.1, 0.15) is 0 Å². The molecular formula is C17H35ClNO3PS. The van der Waals surface area contributed by atoms with Gasteiger partial charge in [0.15, 0.2) is 0 Å². The van der Waals surface area contributed by atoms with Crippen molar-refractivity contribution in [2.45, 2.75) is 84.0 Å². The fourth-order valence-corrected chi connectivity index (χ4v) is 5.68. The summed E-state index contributed by atoms with van der Waals surface area (Å²) in [6.45, 7) is -0.914. The second-order valence-electron chi connectivity index (χ2n) is 6.02. The summed E-state index contributed by atoms with van der Waals surface area (Å²) in [5, 5.41) is 2.60. The molecular weight excluding hydrogens is 365 g/mol. The van der Waals surface area contributed by atoms with E-state index in [-0.39, 0.29) is 5.91 Å². The van der Waals surface area contributed by atoms with E-state index in [1.165, 1.54) is 50.6 Å². The Morgan fingerprint density at radius 2 is 1.58 bits per heavy atom. The summed E-state index contributed by atoms with van der Waals surface area (Å²) >= 11 is 6.89. The first-order valence-electron chi connectivity index (χ1n) is 9.25. The second-order valence-corrected chi connectivity index (χ2v) is 10.9. The molecule has 0 saturated heterocycles. The first-order valence-corrected chi connectivity index (χ1v) is 13.0. The van der Waals surface area contributed by atoms with Gasteiger partial charge in [0.05, 0.1) is 0 Å². The quantitative estimate of drug-likeness (QED) is 0.171. The highest BCUT2D eigenvalue weighted by Gasteiger charge is 2.24. The van der Waals surface area contributed by atoms with E-state index in [9.17, 15) is 9.36 Å². The van der Waals surface area contributed by atoms with E-state index in [2.05, 4.69) is 12.0 Å². The second kappa shape index (κ2) is 16.8. The molecule has 0 heterocycles. The predicted octanol–water partition coefficient (Wildman–Crippen LogP) is 6.53. The zero-order valence-electron chi connectivity index (χ0n) is 15.4. The minimum Gasteiger partial charge on any atom is -0.309 e. The molecule has 0 bridgehead atoms. The Morgan fingerprint density at radius 1 is 1.00 bits per heavy atom. The van der Waals surface area contributed by atoms with Crippen LogP contribution < -0.4 is 5.09 Å². The maximum Gasteiger partial charge on any atom is 0.352 e. The Hall–Kier alpha value is 0.300. The highest BCUT2D eigenvalue weighted by Crippen LogP contribution is 2.55. The Kier molecular flexibility index (Phi) is 17.0. The highest BCUT2D eigenvalue weighted by molar-refractivity contribution is 8.56. The van der Waals surface area contributed by atoms with Crippen molar-refractivity contribution < 1.29 is 13.9 Å². The fourth-order valence-electron chi connectivity index (χ4n) is 2.32. The zero-order valence-corrected chi connectivity index (χ0v) is 17.8. The number of alkyl halides is 1. The van der Waals surface area contributed by atoms with E-state index in [0.29, 0.717) is 6.42 Å². The van der Waals surface area contributed by atoms with Gasteiger partial charge in [-0.3, -0.25) is 14.4 Å². The van der Waals surface area contributed by atoms with Crippen LogP contribution in [0.1, 0.15) is 84.0 Å². The van der Waals surface area contributed by atoms with Crippen LogP contribution in [-0.2, 0) is 13.9 Å². The van der Waals surface area contributed by atoms with Crippen LogP contribution in [0.5, 0.6) is 0 Å². The third-order valence-electron chi connectivity index (χ3n) is 3.80. The molecule has 4 nitrogen and oxygen atoms in total. The van der Waals surface area contributed by atoms with Crippen molar-refractivity contribution in [2.24, 2.45) is 0 Å². The van der Waals surface area contributed by atoms with Crippen LogP contribution in [0.2, 0.25) is 0 Å². The van der Waals surface area contributed by atoms with Gasteiger partial charge in [0, 0.05) is 25.2 Å². The molecule has 0 rings (SSSR count). The summed E-state index contributed by atoms with van der Waals surface area (Å²) in [5.74, 6) is 1.34. The number of amides is 1. The fraction of sp³-hybridized carbons (Fsp3) is 0.941. The summed E-state index contributed by atoms with van der Waals surface area (Å²) < 4.78 is 17.5. The molecule has 0 aliphatic rings. The minimum atomic E-state index is -3.07. The van der Waals surface area contributed by atoms with Gasteiger partial charge in [-0.05, 0) is 30.6 Å². The average Bonchev–Trinajstić information content (AvgIpc) is 2.57. The summed E-state index contributed by atoms with van der Waals surface area (Å²) in [7, 11) is 1.40. The van der Waals surface area contributed by atoms with Crippen molar-refractivity contribution in [3.8, 4) is 0 Å². The van der Waals surface area contributed by atoms with Crippen molar-refractivity contribution in [3.05, 3.63) is 0 Å². The third-order valence-corrected chi connectivity index (χ3v) is 8.17. The van der Waals surface area contributed by atoms with Crippen LogP contribution >= 0.6 is 29.7 Å². The van der Waals surface area contributed by atoms with Crippen molar-refractivity contribution in [1.82, 2.24) is 5.09 Å². The van der Waals surface area contributed by atoms with E-state index >= 15 is 0 Å². The molecule has 7 heteroatoms. The Morgan fingerprint density at radius 3 is 2.17 bits per heavy atom. The minimum absolute atomic E-state index is 0.164. The van der Waals surface area contributed by atoms with Gasteiger partial charge < -0.3 is 4.52 Å². The Balaban J connectivity index is 3.75. The van der Waals surface area contributed by atoms with Crippen LogP contribution in [0.3, 0.4) is 0 Å². The summed E-state index contributed by atoms with van der Waals surface area (Å²) in [6, 6.07) is 0. The third kappa shape index (κ3) is 14.6. The lowest BCUT2D eigenvalue weighted by Gasteiger charge is -2.16. The number of rotatable bonds is 17. The lowest BCUT2D eigenvalue weighted by atomic mass is 10.1.